The van der Waals surface area contributed by atoms with Crippen LogP contribution in [-0.4, -0.2) is 47.8 Å². The van der Waals surface area contributed by atoms with Gasteiger partial charge in [-0.05, 0) is 37.8 Å². The fraction of sp³-hybridized carbons (Fsp3) is 0.556. The lowest BCUT2D eigenvalue weighted by Crippen LogP contribution is -2.37. The minimum absolute atomic E-state index is 0.219. The lowest BCUT2D eigenvalue weighted by molar-refractivity contribution is -0.132. The number of nitrogens with two attached hydrogens (primary N) is 1. The molecular formula is C18H28N4O. The molecule has 126 valence electrons. The van der Waals surface area contributed by atoms with Crippen LogP contribution >= 0.6 is 0 Å². The Balaban J connectivity index is 1.77. The van der Waals surface area contributed by atoms with E-state index in [1.807, 2.05) is 15.9 Å². The van der Waals surface area contributed by atoms with Crippen LogP contribution in [0.15, 0.2) is 29.3 Å². The molecule has 0 radical (unpaired) electrons. The SMILES string of the molecule is CCN(CC)C(N)=NCCCC(=O)N1CCc2ccccc2C1. The van der Waals surface area contributed by atoms with Gasteiger partial charge in [0, 0.05) is 39.1 Å². The van der Waals surface area contributed by atoms with E-state index in [1.54, 1.807) is 0 Å². The highest BCUT2D eigenvalue weighted by Crippen LogP contribution is 2.19. The second-order valence-electron chi connectivity index (χ2n) is 5.85. The van der Waals surface area contributed by atoms with Crippen LogP contribution in [0.25, 0.3) is 0 Å². The number of nitrogens with zero attached hydrogens (tertiary/aromatic N) is 3. The molecule has 0 unspecified atom stereocenters. The topological polar surface area (TPSA) is 61.9 Å². The van der Waals surface area contributed by atoms with Crippen molar-refractivity contribution in [2.24, 2.45) is 10.7 Å². The number of carbonyl (C=O) groups is 1. The summed E-state index contributed by atoms with van der Waals surface area (Å²) in [5, 5.41) is 0. The summed E-state index contributed by atoms with van der Waals surface area (Å²) in [7, 11) is 0. The minimum Gasteiger partial charge on any atom is -0.370 e. The molecule has 2 rings (SSSR count). The molecule has 1 aliphatic heterocycles. The van der Waals surface area contributed by atoms with Crippen molar-refractivity contribution < 1.29 is 4.79 Å². The maximum Gasteiger partial charge on any atom is 0.222 e. The molecule has 1 heterocycles. The van der Waals surface area contributed by atoms with Crippen molar-refractivity contribution in [2.45, 2.75) is 39.7 Å². The van der Waals surface area contributed by atoms with E-state index in [-0.39, 0.29) is 5.91 Å². The van der Waals surface area contributed by atoms with Crippen molar-refractivity contribution in [1.82, 2.24) is 9.80 Å². The van der Waals surface area contributed by atoms with E-state index in [4.69, 9.17) is 5.73 Å². The summed E-state index contributed by atoms with van der Waals surface area (Å²) in [6.45, 7) is 8.00. The molecule has 0 atom stereocenters. The number of hydrogen-bond donors (Lipinski definition) is 1. The lowest BCUT2D eigenvalue weighted by Gasteiger charge is -2.29. The van der Waals surface area contributed by atoms with E-state index in [0.29, 0.717) is 18.9 Å². The van der Waals surface area contributed by atoms with Gasteiger partial charge in [0.2, 0.25) is 5.91 Å². The van der Waals surface area contributed by atoms with Crippen molar-refractivity contribution >= 4 is 11.9 Å². The third-order valence-corrected chi connectivity index (χ3v) is 4.39. The molecule has 0 aromatic heterocycles. The van der Waals surface area contributed by atoms with Gasteiger partial charge in [-0.1, -0.05) is 24.3 Å². The fourth-order valence-corrected chi connectivity index (χ4v) is 2.94. The van der Waals surface area contributed by atoms with Gasteiger partial charge in [-0.15, -0.1) is 0 Å². The molecule has 1 aromatic rings. The van der Waals surface area contributed by atoms with Crippen LogP contribution in [0.5, 0.6) is 0 Å². The van der Waals surface area contributed by atoms with Crippen LogP contribution < -0.4 is 5.73 Å². The predicted octanol–water partition coefficient (Wildman–Crippen LogP) is 2.01. The Hall–Kier alpha value is -2.04. The average Bonchev–Trinajstić information content (AvgIpc) is 2.59. The van der Waals surface area contributed by atoms with Crippen LogP contribution in [0.2, 0.25) is 0 Å². The van der Waals surface area contributed by atoms with E-state index in [2.05, 4.69) is 37.0 Å². The van der Waals surface area contributed by atoms with E-state index >= 15 is 0 Å². The number of guanidine groups is 1. The highest BCUT2D eigenvalue weighted by molar-refractivity contribution is 5.78. The Morgan fingerprint density at radius 3 is 2.65 bits per heavy atom. The van der Waals surface area contributed by atoms with E-state index in [9.17, 15) is 4.79 Å². The van der Waals surface area contributed by atoms with Crippen LogP contribution in [0.1, 0.15) is 37.8 Å². The Morgan fingerprint density at radius 1 is 1.26 bits per heavy atom. The van der Waals surface area contributed by atoms with Gasteiger partial charge >= 0.3 is 0 Å². The second kappa shape index (κ2) is 8.56. The monoisotopic (exact) mass is 316 g/mol. The summed E-state index contributed by atoms with van der Waals surface area (Å²) < 4.78 is 0. The number of aliphatic imine (C=N–C) groups is 1. The summed E-state index contributed by atoms with van der Waals surface area (Å²) >= 11 is 0. The molecule has 0 aliphatic carbocycles. The Kier molecular flexibility index (Phi) is 6.44. The van der Waals surface area contributed by atoms with Gasteiger partial charge in [0.05, 0.1) is 0 Å². The van der Waals surface area contributed by atoms with Crippen molar-refractivity contribution in [1.29, 1.82) is 0 Å². The first-order valence-corrected chi connectivity index (χ1v) is 8.55. The zero-order valence-electron chi connectivity index (χ0n) is 14.3. The minimum atomic E-state index is 0.219. The first-order chi connectivity index (χ1) is 11.2. The standard InChI is InChI=1S/C18H28N4O/c1-3-21(4-2)18(19)20-12-7-10-17(23)22-13-11-15-8-5-6-9-16(15)14-22/h5-6,8-9H,3-4,7,10-14H2,1-2H3,(H2,19,20). The third kappa shape index (κ3) is 4.71. The van der Waals surface area contributed by atoms with Gasteiger partial charge < -0.3 is 15.5 Å². The molecule has 5 heteroatoms. The Morgan fingerprint density at radius 2 is 1.96 bits per heavy atom. The predicted molar refractivity (Wildman–Crippen MR) is 94.2 cm³/mol. The van der Waals surface area contributed by atoms with Gasteiger partial charge in [-0.2, -0.15) is 0 Å². The summed E-state index contributed by atoms with van der Waals surface area (Å²) in [6.07, 6.45) is 2.24. The molecular weight excluding hydrogens is 288 g/mol. The van der Waals surface area contributed by atoms with Crippen LogP contribution in [0, 0.1) is 0 Å². The van der Waals surface area contributed by atoms with Gasteiger partial charge in [0.1, 0.15) is 0 Å². The smallest absolute Gasteiger partial charge is 0.222 e. The second-order valence-corrected chi connectivity index (χ2v) is 5.85. The van der Waals surface area contributed by atoms with Crippen LogP contribution in [-0.2, 0) is 17.8 Å². The molecule has 1 amide bonds. The van der Waals surface area contributed by atoms with Crippen molar-refractivity contribution in [2.75, 3.05) is 26.2 Å². The molecule has 1 aliphatic rings. The summed E-state index contributed by atoms with van der Waals surface area (Å²) in [5.74, 6) is 0.797. The van der Waals surface area contributed by atoms with Gasteiger partial charge in [0.15, 0.2) is 5.96 Å². The van der Waals surface area contributed by atoms with E-state index < -0.39 is 0 Å². The Bertz CT molecular complexity index is 552. The number of hydrogen-bond acceptors (Lipinski definition) is 2. The van der Waals surface area contributed by atoms with Gasteiger partial charge in [0.25, 0.3) is 0 Å². The lowest BCUT2D eigenvalue weighted by atomic mass is 9.99. The largest absolute Gasteiger partial charge is 0.370 e. The fourth-order valence-electron chi connectivity index (χ4n) is 2.94. The summed E-state index contributed by atoms with van der Waals surface area (Å²) in [6, 6.07) is 8.37. The molecule has 0 bridgehead atoms. The van der Waals surface area contributed by atoms with E-state index in [1.165, 1.54) is 11.1 Å². The van der Waals surface area contributed by atoms with Crippen LogP contribution in [0.4, 0.5) is 0 Å². The zero-order chi connectivity index (χ0) is 16.7. The molecule has 2 N–H and O–H groups in total. The first-order valence-electron chi connectivity index (χ1n) is 8.55. The maximum atomic E-state index is 12.3. The molecule has 1 aromatic carbocycles. The summed E-state index contributed by atoms with van der Waals surface area (Å²) in [4.78, 5) is 20.7. The molecule has 0 fully saturated rings. The molecule has 0 spiro atoms. The van der Waals surface area contributed by atoms with Crippen LogP contribution in [0.3, 0.4) is 0 Å². The third-order valence-electron chi connectivity index (χ3n) is 4.39. The number of rotatable bonds is 6. The quantitative estimate of drug-likeness (QED) is 0.496. The molecule has 0 saturated heterocycles. The Labute approximate surface area is 139 Å². The van der Waals surface area contributed by atoms with Crippen molar-refractivity contribution in [3.05, 3.63) is 35.4 Å². The number of benzene rings is 1. The maximum absolute atomic E-state index is 12.3. The van der Waals surface area contributed by atoms with Crippen molar-refractivity contribution in [3.8, 4) is 0 Å². The molecule has 5 nitrogen and oxygen atoms in total. The zero-order valence-corrected chi connectivity index (χ0v) is 14.3. The highest BCUT2D eigenvalue weighted by atomic mass is 16.2. The van der Waals surface area contributed by atoms with Gasteiger partial charge in [-0.25, -0.2) is 0 Å². The number of amides is 1. The number of carbonyl (C=O) groups excluding carboxylic acids is 1. The normalized spacial score (nSPS) is 14.5. The molecule has 23 heavy (non-hydrogen) atoms. The number of fused-ring (bicyclic) bond motifs is 1. The average molecular weight is 316 g/mol. The highest BCUT2D eigenvalue weighted by Gasteiger charge is 2.19. The van der Waals surface area contributed by atoms with Crippen molar-refractivity contribution in [3.63, 3.8) is 0 Å². The molecule has 0 saturated carbocycles. The first kappa shape index (κ1) is 17.3. The van der Waals surface area contributed by atoms with Gasteiger partial charge in [-0.3, -0.25) is 9.79 Å². The summed E-state index contributed by atoms with van der Waals surface area (Å²) in [5.41, 5.74) is 8.57. The van der Waals surface area contributed by atoms with E-state index in [0.717, 1.165) is 39.0 Å².